The van der Waals surface area contributed by atoms with E-state index in [0.717, 1.165) is 50.9 Å². The molecule has 1 aliphatic carbocycles. The average Bonchev–Trinajstić information content (AvgIpc) is 2.98. The van der Waals surface area contributed by atoms with E-state index < -0.39 is 0 Å². The lowest BCUT2D eigenvalue weighted by Crippen LogP contribution is -2.47. The monoisotopic (exact) mass is 253 g/mol. The first-order valence-electron chi connectivity index (χ1n) is 7.66. The highest BCUT2D eigenvalue weighted by Crippen LogP contribution is 2.41. The highest BCUT2D eigenvalue weighted by Gasteiger charge is 2.44. The summed E-state index contributed by atoms with van der Waals surface area (Å²) in [5.41, 5.74) is 6.59. The van der Waals surface area contributed by atoms with Gasteiger partial charge in [-0.05, 0) is 43.4 Å². The second-order valence-electron chi connectivity index (χ2n) is 6.84. The summed E-state index contributed by atoms with van der Waals surface area (Å²) in [4.78, 5) is 0. The van der Waals surface area contributed by atoms with Gasteiger partial charge in [0.05, 0.1) is 12.2 Å². The maximum Gasteiger partial charge on any atom is 0.0939 e. The van der Waals surface area contributed by atoms with Crippen molar-refractivity contribution in [2.75, 3.05) is 19.8 Å². The molecule has 2 heterocycles. The highest BCUT2D eigenvalue weighted by molar-refractivity contribution is 4.95. The smallest absolute Gasteiger partial charge is 0.0939 e. The van der Waals surface area contributed by atoms with Crippen LogP contribution in [0.5, 0.6) is 0 Å². The highest BCUT2D eigenvalue weighted by atomic mass is 16.6. The van der Waals surface area contributed by atoms with E-state index >= 15 is 0 Å². The lowest BCUT2D eigenvalue weighted by molar-refractivity contribution is -0.103. The van der Waals surface area contributed by atoms with Crippen molar-refractivity contribution in [3.8, 4) is 0 Å². The summed E-state index contributed by atoms with van der Waals surface area (Å²) < 4.78 is 11.6. The Labute approximate surface area is 110 Å². The molecule has 2 N–H and O–H groups in total. The van der Waals surface area contributed by atoms with Crippen LogP contribution in [-0.4, -0.2) is 31.5 Å². The van der Waals surface area contributed by atoms with Crippen molar-refractivity contribution in [1.29, 1.82) is 0 Å². The van der Waals surface area contributed by atoms with Gasteiger partial charge in [-0.1, -0.05) is 13.3 Å². The molecule has 0 aromatic carbocycles. The van der Waals surface area contributed by atoms with Crippen LogP contribution < -0.4 is 5.73 Å². The largest absolute Gasteiger partial charge is 0.378 e. The Balaban J connectivity index is 1.61. The maximum absolute atomic E-state index is 6.57. The summed E-state index contributed by atoms with van der Waals surface area (Å²) in [6.07, 6.45) is 7.38. The normalized spacial score (nSPS) is 46.7. The molecular formula is C15H27NO2. The van der Waals surface area contributed by atoms with Crippen LogP contribution in [0, 0.1) is 17.8 Å². The Bertz CT molecular complexity index is 288. The molecule has 5 atom stereocenters. The summed E-state index contributed by atoms with van der Waals surface area (Å²) in [5, 5.41) is 0. The van der Waals surface area contributed by atoms with Gasteiger partial charge in [0, 0.05) is 25.7 Å². The Morgan fingerprint density at radius 2 is 2.06 bits per heavy atom. The molecule has 0 radical (unpaired) electrons. The van der Waals surface area contributed by atoms with E-state index in [1.807, 2.05) is 0 Å². The Morgan fingerprint density at radius 1 is 1.17 bits per heavy atom. The van der Waals surface area contributed by atoms with Gasteiger partial charge < -0.3 is 15.2 Å². The minimum atomic E-state index is 0.0186. The predicted octanol–water partition coefficient (Wildman–Crippen LogP) is 2.34. The standard InChI is InChI=1S/C15H27NO2/c1-11-2-3-12(8-11)14(16)13-4-6-18-15(9-13)5-7-17-10-15/h11-14H,2-10,16H2,1H3. The zero-order chi connectivity index (χ0) is 12.6. The van der Waals surface area contributed by atoms with Gasteiger partial charge in [0.25, 0.3) is 0 Å². The zero-order valence-corrected chi connectivity index (χ0v) is 11.6. The molecule has 0 aromatic heterocycles. The van der Waals surface area contributed by atoms with Crippen LogP contribution in [0.2, 0.25) is 0 Å². The van der Waals surface area contributed by atoms with E-state index in [0.29, 0.717) is 12.0 Å². The van der Waals surface area contributed by atoms with Gasteiger partial charge >= 0.3 is 0 Å². The van der Waals surface area contributed by atoms with Crippen molar-refractivity contribution in [3.63, 3.8) is 0 Å². The van der Waals surface area contributed by atoms with Gasteiger partial charge in [-0.3, -0.25) is 0 Å². The first-order chi connectivity index (χ1) is 8.69. The Hall–Kier alpha value is -0.120. The van der Waals surface area contributed by atoms with E-state index in [1.54, 1.807) is 0 Å². The van der Waals surface area contributed by atoms with Crippen LogP contribution >= 0.6 is 0 Å². The molecule has 104 valence electrons. The third-order valence-corrected chi connectivity index (χ3v) is 5.42. The molecule has 0 bridgehead atoms. The van der Waals surface area contributed by atoms with Crippen LogP contribution in [0.25, 0.3) is 0 Å². The quantitative estimate of drug-likeness (QED) is 0.821. The number of hydrogen-bond donors (Lipinski definition) is 1. The van der Waals surface area contributed by atoms with Crippen LogP contribution in [0.3, 0.4) is 0 Å². The molecule has 2 saturated heterocycles. The third-order valence-electron chi connectivity index (χ3n) is 5.42. The van der Waals surface area contributed by atoms with E-state index in [4.69, 9.17) is 15.2 Å². The maximum atomic E-state index is 6.57. The van der Waals surface area contributed by atoms with Crippen molar-refractivity contribution >= 4 is 0 Å². The van der Waals surface area contributed by atoms with Crippen molar-refractivity contribution in [2.45, 2.75) is 57.1 Å². The minimum absolute atomic E-state index is 0.0186. The molecule has 2 aliphatic heterocycles. The van der Waals surface area contributed by atoms with Gasteiger partial charge in [0.2, 0.25) is 0 Å². The van der Waals surface area contributed by atoms with Crippen molar-refractivity contribution in [3.05, 3.63) is 0 Å². The lowest BCUT2D eigenvalue weighted by atomic mass is 9.77. The fourth-order valence-corrected chi connectivity index (χ4v) is 4.24. The minimum Gasteiger partial charge on any atom is -0.378 e. The molecule has 3 rings (SSSR count). The third kappa shape index (κ3) is 2.45. The number of nitrogens with two attached hydrogens (primary N) is 1. The fourth-order valence-electron chi connectivity index (χ4n) is 4.24. The van der Waals surface area contributed by atoms with Crippen molar-refractivity contribution < 1.29 is 9.47 Å². The molecule has 1 spiro atoms. The Morgan fingerprint density at radius 3 is 2.72 bits per heavy atom. The van der Waals surface area contributed by atoms with Crippen LogP contribution in [0.4, 0.5) is 0 Å². The summed E-state index contributed by atoms with van der Waals surface area (Å²) in [5.74, 6) is 2.28. The molecule has 3 nitrogen and oxygen atoms in total. The van der Waals surface area contributed by atoms with Gasteiger partial charge in [-0.15, -0.1) is 0 Å². The molecule has 3 fully saturated rings. The SMILES string of the molecule is CC1CCC(C(N)C2CCOC3(CCOC3)C2)C1. The first-order valence-corrected chi connectivity index (χ1v) is 7.66. The van der Waals surface area contributed by atoms with E-state index in [9.17, 15) is 0 Å². The Kier molecular flexibility index (Phi) is 3.65. The van der Waals surface area contributed by atoms with Crippen molar-refractivity contribution in [1.82, 2.24) is 0 Å². The molecule has 18 heavy (non-hydrogen) atoms. The fraction of sp³-hybridized carbons (Fsp3) is 1.00. The second kappa shape index (κ2) is 5.10. The van der Waals surface area contributed by atoms with Gasteiger partial charge in [-0.2, -0.15) is 0 Å². The zero-order valence-electron chi connectivity index (χ0n) is 11.6. The van der Waals surface area contributed by atoms with Crippen LogP contribution in [0.15, 0.2) is 0 Å². The molecule has 5 unspecified atom stereocenters. The van der Waals surface area contributed by atoms with Crippen LogP contribution in [-0.2, 0) is 9.47 Å². The predicted molar refractivity (Wildman–Crippen MR) is 71.3 cm³/mol. The van der Waals surface area contributed by atoms with Gasteiger partial charge in [0.1, 0.15) is 0 Å². The average molecular weight is 253 g/mol. The first kappa shape index (κ1) is 12.9. The molecular weight excluding hydrogens is 226 g/mol. The van der Waals surface area contributed by atoms with Gasteiger partial charge in [-0.25, -0.2) is 0 Å². The molecule has 1 saturated carbocycles. The van der Waals surface area contributed by atoms with Gasteiger partial charge in [0.15, 0.2) is 0 Å². The summed E-state index contributed by atoms with van der Waals surface area (Å²) >= 11 is 0. The second-order valence-corrected chi connectivity index (χ2v) is 6.84. The molecule has 3 heteroatoms. The molecule has 3 aliphatic rings. The number of ether oxygens (including phenoxy) is 2. The topological polar surface area (TPSA) is 44.5 Å². The lowest BCUT2D eigenvalue weighted by Gasteiger charge is -2.41. The van der Waals surface area contributed by atoms with E-state index in [-0.39, 0.29) is 5.60 Å². The summed E-state index contributed by atoms with van der Waals surface area (Å²) in [6, 6.07) is 0.385. The number of rotatable bonds is 2. The summed E-state index contributed by atoms with van der Waals surface area (Å²) in [7, 11) is 0. The van der Waals surface area contributed by atoms with E-state index in [1.165, 1.54) is 19.3 Å². The number of hydrogen-bond acceptors (Lipinski definition) is 3. The molecule has 0 aromatic rings. The van der Waals surface area contributed by atoms with Crippen molar-refractivity contribution in [2.24, 2.45) is 23.5 Å². The van der Waals surface area contributed by atoms with Crippen LogP contribution in [0.1, 0.15) is 45.4 Å². The van der Waals surface area contributed by atoms with E-state index in [2.05, 4.69) is 6.92 Å². The molecule has 0 amide bonds. The summed E-state index contributed by atoms with van der Waals surface area (Å²) in [6.45, 7) is 4.90.